The second-order valence-corrected chi connectivity index (χ2v) is 6.81. The van der Waals surface area contributed by atoms with Crippen molar-refractivity contribution in [2.45, 2.75) is 74.3 Å². The minimum absolute atomic E-state index is 0.233. The standard InChI is InChI=1S/C17H30O11/c1-2-3-4-5-25-16-14(24)12(22)15(9(7-19)27-16)28-17-13(23)11(21)10(20)8(6-18)26-17/h2,8-24H,1,3-7H2/t8?,9?,10-,11+,12-,13?,14?,15-,16+,17+/m1/s1. The highest BCUT2D eigenvalue weighted by Crippen LogP contribution is 2.29. The Morgan fingerprint density at radius 2 is 1.39 bits per heavy atom. The summed E-state index contributed by atoms with van der Waals surface area (Å²) in [6.07, 6.45) is -11.4. The highest BCUT2D eigenvalue weighted by atomic mass is 16.7. The first-order chi connectivity index (χ1) is 13.3. The zero-order valence-corrected chi connectivity index (χ0v) is 15.4. The molecule has 0 aromatic rings. The van der Waals surface area contributed by atoms with Gasteiger partial charge in [-0.05, 0) is 12.8 Å². The van der Waals surface area contributed by atoms with Gasteiger partial charge < -0.3 is 54.7 Å². The Bertz CT molecular complexity index is 474. The topological polar surface area (TPSA) is 179 Å². The average Bonchev–Trinajstić information content (AvgIpc) is 2.70. The molecule has 0 radical (unpaired) electrons. The van der Waals surface area contributed by atoms with Crippen LogP contribution in [0.3, 0.4) is 0 Å². The summed E-state index contributed by atoms with van der Waals surface area (Å²) < 4.78 is 21.5. The lowest BCUT2D eigenvalue weighted by Gasteiger charge is -2.45. The first-order valence-electron chi connectivity index (χ1n) is 9.16. The maximum atomic E-state index is 10.4. The molecule has 0 bridgehead atoms. The number of ether oxygens (including phenoxy) is 4. The van der Waals surface area contributed by atoms with Crippen molar-refractivity contribution in [2.75, 3.05) is 19.8 Å². The van der Waals surface area contributed by atoms with Crippen LogP contribution >= 0.6 is 0 Å². The molecule has 0 amide bonds. The van der Waals surface area contributed by atoms with E-state index < -0.39 is 74.6 Å². The smallest absolute Gasteiger partial charge is 0.187 e. The van der Waals surface area contributed by atoms with E-state index >= 15 is 0 Å². The third-order valence-electron chi connectivity index (χ3n) is 4.80. The van der Waals surface area contributed by atoms with Crippen molar-refractivity contribution in [3.8, 4) is 0 Å². The zero-order valence-electron chi connectivity index (χ0n) is 15.4. The molecule has 2 fully saturated rings. The van der Waals surface area contributed by atoms with Gasteiger partial charge in [0.05, 0.1) is 19.8 Å². The summed E-state index contributed by atoms with van der Waals surface area (Å²) in [5.41, 5.74) is 0. The number of hydrogen-bond acceptors (Lipinski definition) is 11. The molecule has 28 heavy (non-hydrogen) atoms. The maximum Gasteiger partial charge on any atom is 0.187 e. The van der Waals surface area contributed by atoms with Crippen molar-refractivity contribution in [1.82, 2.24) is 0 Å². The normalized spacial score (nSPS) is 44.4. The molecule has 2 saturated heterocycles. The van der Waals surface area contributed by atoms with Crippen molar-refractivity contribution in [3.63, 3.8) is 0 Å². The van der Waals surface area contributed by atoms with Gasteiger partial charge in [-0.25, -0.2) is 0 Å². The summed E-state index contributed by atoms with van der Waals surface area (Å²) in [7, 11) is 0. The minimum atomic E-state index is -1.70. The van der Waals surface area contributed by atoms with Gasteiger partial charge in [0.2, 0.25) is 0 Å². The van der Waals surface area contributed by atoms with Crippen molar-refractivity contribution in [1.29, 1.82) is 0 Å². The number of allylic oxidation sites excluding steroid dienone is 1. The Hall–Kier alpha value is -0.700. The Balaban J connectivity index is 2.03. The van der Waals surface area contributed by atoms with Gasteiger partial charge in [-0.2, -0.15) is 0 Å². The van der Waals surface area contributed by atoms with Gasteiger partial charge in [-0.15, -0.1) is 6.58 Å². The van der Waals surface area contributed by atoms with Crippen LogP contribution in [-0.2, 0) is 18.9 Å². The van der Waals surface area contributed by atoms with E-state index in [-0.39, 0.29) is 6.61 Å². The summed E-state index contributed by atoms with van der Waals surface area (Å²) in [6, 6.07) is 0. The van der Waals surface area contributed by atoms with E-state index in [1.807, 2.05) is 0 Å². The lowest BCUT2D eigenvalue weighted by atomic mass is 9.97. The summed E-state index contributed by atoms with van der Waals surface area (Å²) in [4.78, 5) is 0. The quantitative estimate of drug-likeness (QED) is 0.149. The van der Waals surface area contributed by atoms with Gasteiger partial charge in [-0.3, -0.25) is 0 Å². The van der Waals surface area contributed by atoms with Crippen LogP contribution in [0.25, 0.3) is 0 Å². The molecule has 2 rings (SSSR count). The highest BCUT2D eigenvalue weighted by molar-refractivity contribution is 4.94. The van der Waals surface area contributed by atoms with Gasteiger partial charge in [0.15, 0.2) is 12.6 Å². The molecule has 2 heterocycles. The monoisotopic (exact) mass is 410 g/mol. The Kier molecular flexibility index (Phi) is 9.18. The van der Waals surface area contributed by atoms with Crippen molar-refractivity contribution >= 4 is 0 Å². The molecule has 2 aliphatic rings. The molecule has 0 spiro atoms. The first kappa shape index (κ1) is 23.6. The molecule has 7 N–H and O–H groups in total. The summed E-state index contributed by atoms with van der Waals surface area (Å²) in [5.74, 6) is 0. The van der Waals surface area contributed by atoms with Crippen LogP contribution < -0.4 is 0 Å². The van der Waals surface area contributed by atoms with E-state index in [4.69, 9.17) is 18.9 Å². The van der Waals surface area contributed by atoms with Gasteiger partial charge in [0, 0.05) is 0 Å². The molecular formula is C17H30O11. The third-order valence-corrected chi connectivity index (χ3v) is 4.80. The highest BCUT2D eigenvalue weighted by Gasteiger charge is 2.50. The second-order valence-electron chi connectivity index (χ2n) is 6.81. The van der Waals surface area contributed by atoms with E-state index in [9.17, 15) is 35.7 Å². The molecule has 0 aromatic carbocycles. The molecule has 164 valence electrons. The fraction of sp³-hybridized carbons (Fsp3) is 0.882. The minimum Gasteiger partial charge on any atom is -0.394 e. The largest absolute Gasteiger partial charge is 0.394 e. The van der Waals surface area contributed by atoms with Crippen LogP contribution in [0.4, 0.5) is 0 Å². The SMILES string of the molecule is C=CCCCO[C@H]1OC(CO)[C@@H](O[C@@H]2OC(CO)[C@@H](O)[C@H](O)C2O)[C@H](O)C1O. The summed E-state index contributed by atoms with van der Waals surface area (Å²) >= 11 is 0. The molecular weight excluding hydrogens is 380 g/mol. The fourth-order valence-electron chi connectivity index (χ4n) is 3.12. The molecule has 0 saturated carbocycles. The van der Waals surface area contributed by atoms with Gasteiger partial charge in [-0.1, -0.05) is 6.08 Å². The first-order valence-corrected chi connectivity index (χ1v) is 9.16. The number of rotatable bonds is 9. The molecule has 11 nitrogen and oxygen atoms in total. The predicted molar refractivity (Wildman–Crippen MR) is 91.8 cm³/mol. The number of unbranched alkanes of at least 4 members (excludes halogenated alkanes) is 1. The predicted octanol–water partition coefficient (Wildman–Crippen LogP) is -3.41. The van der Waals surface area contributed by atoms with Crippen LogP contribution in [0.2, 0.25) is 0 Å². The average molecular weight is 410 g/mol. The van der Waals surface area contributed by atoms with E-state index in [1.165, 1.54) is 0 Å². The van der Waals surface area contributed by atoms with Crippen molar-refractivity contribution in [3.05, 3.63) is 12.7 Å². The van der Waals surface area contributed by atoms with Crippen LogP contribution in [0, 0.1) is 0 Å². The fourth-order valence-corrected chi connectivity index (χ4v) is 3.12. The second kappa shape index (κ2) is 10.9. The van der Waals surface area contributed by atoms with Crippen LogP contribution in [0.15, 0.2) is 12.7 Å². The Morgan fingerprint density at radius 3 is 2.00 bits per heavy atom. The number of aliphatic hydroxyl groups excluding tert-OH is 7. The van der Waals surface area contributed by atoms with E-state index in [0.29, 0.717) is 12.8 Å². The molecule has 11 heteroatoms. The van der Waals surface area contributed by atoms with Gasteiger partial charge >= 0.3 is 0 Å². The van der Waals surface area contributed by atoms with Crippen LogP contribution in [0.1, 0.15) is 12.8 Å². The van der Waals surface area contributed by atoms with Crippen molar-refractivity contribution in [2.24, 2.45) is 0 Å². The van der Waals surface area contributed by atoms with E-state index in [0.717, 1.165) is 0 Å². The maximum absolute atomic E-state index is 10.4. The Morgan fingerprint density at radius 1 is 0.786 bits per heavy atom. The lowest BCUT2D eigenvalue weighted by Crippen LogP contribution is -2.64. The molecule has 2 aliphatic heterocycles. The van der Waals surface area contributed by atoms with Crippen molar-refractivity contribution < 1.29 is 54.7 Å². The summed E-state index contributed by atoms with van der Waals surface area (Å²) in [6.45, 7) is 2.57. The third kappa shape index (κ3) is 5.26. The molecule has 10 atom stereocenters. The number of aliphatic hydroxyl groups is 7. The van der Waals surface area contributed by atoms with Crippen LogP contribution in [0.5, 0.6) is 0 Å². The Labute approximate surface area is 162 Å². The van der Waals surface area contributed by atoms with E-state index in [1.54, 1.807) is 6.08 Å². The van der Waals surface area contributed by atoms with Gasteiger partial charge in [0.1, 0.15) is 48.8 Å². The van der Waals surface area contributed by atoms with Crippen LogP contribution in [-0.4, -0.2) is 117 Å². The van der Waals surface area contributed by atoms with Gasteiger partial charge in [0.25, 0.3) is 0 Å². The number of hydrogen-bond donors (Lipinski definition) is 7. The molecule has 0 aliphatic carbocycles. The molecule has 4 unspecified atom stereocenters. The molecule has 0 aromatic heterocycles. The zero-order chi connectivity index (χ0) is 20.8. The summed E-state index contributed by atoms with van der Waals surface area (Å²) in [5, 5.41) is 69.2. The lowest BCUT2D eigenvalue weighted by molar-refractivity contribution is -0.359. The van der Waals surface area contributed by atoms with E-state index in [2.05, 4.69) is 6.58 Å².